The molecule has 27 heavy (non-hydrogen) atoms. The Kier molecular flexibility index (Phi) is 5.91. The van der Waals surface area contributed by atoms with Gasteiger partial charge in [0.15, 0.2) is 0 Å². The Bertz CT molecular complexity index is 992. The Morgan fingerprint density at radius 3 is 2.67 bits per heavy atom. The Labute approximate surface area is 157 Å². The van der Waals surface area contributed by atoms with Crippen molar-refractivity contribution in [3.05, 3.63) is 75.6 Å². The second-order valence-corrected chi connectivity index (χ2v) is 6.61. The predicted octanol–water partition coefficient (Wildman–Crippen LogP) is 3.49. The quantitative estimate of drug-likeness (QED) is 0.496. The zero-order chi connectivity index (χ0) is 19.2. The van der Waals surface area contributed by atoms with Crippen LogP contribution in [0.1, 0.15) is 29.5 Å². The first kappa shape index (κ1) is 18.7. The van der Waals surface area contributed by atoms with Crippen molar-refractivity contribution < 1.29 is 14.3 Å². The summed E-state index contributed by atoms with van der Waals surface area (Å²) in [5, 5.41) is 13.2. The van der Waals surface area contributed by atoms with E-state index in [1.165, 1.54) is 11.6 Å². The molecule has 0 atom stereocenters. The van der Waals surface area contributed by atoms with Crippen LogP contribution in [-0.2, 0) is 17.6 Å². The van der Waals surface area contributed by atoms with Crippen LogP contribution >= 0.6 is 0 Å². The molecule has 0 spiro atoms. The van der Waals surface area contributed by atoms with E-state index in [4.69, 9.17) is 4.42 Å². The summed E-state index contributed by atoms with van der Waals surface area (Å²) in [5.74, 6) is -0.0275. The standard InChI is InChI=1S/C22H23NO4/c1-15-18-10-9-17(24)14-20(18)27-22(26)19(15)11-12-21(25)23-13-5-8-16-6-3-2-4-7-16/h2-4,6-7,9-10,14,24H,5,8,11-13H2,1H3,(H,23,25). The fourth-order valence-electron chi connectivity index (χ4n) is 3.16. The van der Waals surface area contributed by atoms with Crippen molar-refractivity contribution in [2.45, 2.75) is 32.6 Å². The van der Waals surface area contributed by atoms with Gasteiger partial charge in [-0.2, -0.15) is 0 Å². The first-order valence-electron chi connectivity index (χ1n) is 9.10. The summed E-state index contributed by atoms with van der Waals surface area (Å²) in [6.07, 6.45) is 2.35. The van der Waals surface area contributed by atoms with Crippen LogP contribution in [0.25, 0.3) is 11.0 Å². The van der Waals surface area contributed by atoms with Crippen LogP contribution in [-0.4, -0.2) is 17.6 Å². The SMILES string of the molecule is Cc1c(CCC(=O)NCCCc2ccccc2)c(=O)oc2cc(O)ccc12. The number of carbonyl (C=O) groups excluding carboxylic acids is 1. The highest BCUT2D eigenvalue weighted by molar-refractivity contribution is 5.82. The summed E-state index contributed by atoms with van der Waals surface area (Å²) in [6.45, 7) is 2.45. The van der Waals surface area contributed by atoms with Gasteiger partial charge in [-0.25, -0.2) is 4.79 Å². The van der Waals surface area contributed by atoms with Crippen molar-refractivity contribution in [3.8, 4) is 5.75 Å². The summed E-state index contributed by atoms with van der Waals surface area (Å²) < 4.78 is 5.29. The van der Waals surface area contributed by atoms with E-state index in [2.05, 4.69) is 17.4 Å². The van der Waals surface area contributed by atoms with E-state index in [1.54, 1.807) is 12.1 Å². The lowest BCUT2D eigenvalue weighted by molar-refractivity contribution is -0.121. The van der Waals surface area contributed by atoms with Gasteiger partial charge in [-0.1, -0.05) is 30.3 Å². The predicted molar refractivity (Wildman–Crippen MR) is 105 cm³/mol. The number of benzene rings is 2. The van der Waals surface area contributed by atoms with Gasteiger partial charge in [-0.15, -0.1) is 0 Å². The van der Waals surface area contributed by atoms with Crippen LogP contribution in [0.2, 0.25) is 0 Å². The maximum Gasteiger partial charge on any atom is 0.339 e. The molecular weight excluding hydrogens is 342 g/mol. The van der Waals surface area contributed by atoms with Gasteiger partial charge in [0.1, 0.15) is 11.3 Å². The van der Waals surface area contributed by atoms with Crippen molar-refractivity contribution in [2.75, 3.05) is 6.54 Å². The Morgan fingerprint density at radius 1 is 1.11 bits per heavy atom. The van der Waals surface area contributed by atoms with Crippen LogP contribution in [0.3, 0.4) is 0 Å². The Balaban J connectivity index is 1.54. The Morgan fingerprint density at radius 2 is 1.89 bits per heavy atom. The zero-order valence-electron chi connectivity index (χ0n) is 15.3. The fraction of sp³-hybridized carbons (Fsp3) is 0.273. The molecule has 5 heteroatoms. The lowest BCUT2D eigenvalue weighted by Crippen LogP contribution is -2.25. The maximum absolute atomic E-state index is 12.2. The molecule has 3 aromatic rings. The van der Waals surface area contributed by atoms with Crippen molar-refractivity contribution >= 4 is 16.9 Å². The third-order valence-corrected chi connectivity index (χ3v) is 4.68. The topological polar surface area (TPSA) is 79.5 Å². The van der Waals surface area contributed by atoms with Crippen molar-refractivity contribution in [1.29, 1.82) is 0 Å². The van der Waals surface area contributed by atoms with Gasteiger partial charge in [-0.05, 0) is 49.4 Å². The van der Waals surface area contributed by atoms with E-state index in [1.807, 2.05) is 25.1 Å². The third-order valence-electron chi connectivity index (χ3n) is 4.68. The minimum Gasteiger partial charge on any atom is -0.508 e. The number of fused-ring (bicyclic) bond motifs is 1. The van der Waals surface area contributed by atoms with Crippen molar-refractivity contribution in [2.24, 2.45) is 0 Å². The minimum atomic E-state index is -0.456. The van der Waals surface area contributed by atoms with Gasteiger partial charge >= 0.3 is 5.63 Å². The molecule has 5 nitrogen and oxygen atoms in total. The molecule has 0 aliphatic heterocycles. The molecule has 0 radical (unpaired) electrons. The molecule has 0 bridgehead atoms. The average molecular weight is 365 g/mol. The Hall–Kier alpha value is -3.08. The molecule has 0 fully saturated rings. The molecule has 2 aromatic carbocycles. The monoisotopic (exact) mass is 365 g/mol. The largest absolute Gasteiger partial charge is 0.508 e. The van der Waals surface area contributed by atoms with E-state index in [0.717, 1.165) is 23.8 Å². The number of phenolic OH excluding ortho intramolecular Hbond substituents is 1. The maximum atomic E-state index is 12.2. The minimum absolute atomic E-state index is 0.0488. The summed E-state index contributed by atoms with van der Waals surface area (Å²) in [5.41, 5.74) is 2.45. The molecule has 0 unspecified atom stereocenters. The number of aromatic hydroxyl groups is 1. The first-order valence-corrected chi connectivity index (χ1v) is 9.10. The number of rotatable bonds is 7. The van der Waals surface area contributed by atoms with E-state index in [9.17, 15) is 14.7 Å². The second-order valence-electron chi connectivity index (χ2n) is 6.61. The lowest BCUT2D eigenvalue weighted by atomic mass is 10.0. The molecule has 0 saturated carbocycles. The summed E-state index contributed by atoms with van der Waals surface area (Å²) in [6, 6.07) is 14.8. The first-order chi connectivity index (χ1) is 13.0. The van der Waals surface area contributed by atoms with E-state index in [0.29, 0.717) is 24.1 Å². The van der Waals surface area contributed by atoms with Crippen LogP contribution in [0.4, 0.5) is 0 Å². The summed E-state index contributed by atoms with van der Waals surface area (Å²) >= 11 is 0. The third kappa shape index (κ3) is 4.76. The molecule has 0 aliphatic carbocycles. The molecular formula is C22H23NO4. The summed E-state index contributed by atoms with van der Waals surface area (Å²) in [7, 11) is 0. The van der Waals surface area contributed by atoms with Gasteiger partial charge in [0.05, 0.1) is 0 Å². The molecule has 1 heterocycles. The highest BCUT2D eigenvalue weighted by Gasteiger charge is 2.13. The summed E-state index contributed by atoms with van der Waals surface area (Å²) in [4.78, 5) is 24.3. The van der Waals surface area contributed by atoms with Gasteiger partial charge in [0.25, 0.3) is 0 Å². The highest BCUT2D eigenvalue weighted by atomic mass is 16.4. The molecule has 0 aliphatic rings. The fourth-order valence-corrected chi connectivity index (χ4v) is 3.16. The number of hydrogen-bond donors (Lipinski definition) is 2. The number of amides is 1. The van der Waals surface area contributed by atoms with E-state index in [-0.39, 0.29) is 18.1 Å². The molecule has 1 aromatic heterocycles. The molecule has 0 saturated heterocycles. The number of aryl methyl sites for hydroxylation is 2. The zero-order valence-corrected chi connectivity index (χ0v) is 15.3. The van der Waals surface area contributed by atoms with Crippen LogP contribution in [0.15, 0.2) is 57.7 Å². The molecule has 3 rings (SSSR count). The van der Waals surface area contributed by atoms with Crippen molar-refractivity contribution in [1.82, 2.24) is 5.32 Å². The van der Waals surface area contributed by atoms with E-state index >= 15 is 0 Å². The normalized spacial score (nSPS) is 10.9. The number of carbonyl (C=O) groups is 1. The number of phenols is 1. The highest BCUT2D eigenvalue weighted by Crippen LogP contribution is 2.23. The average Bonchev–Trinajstić information content (AvgIpc) is 2.65. The second kappa shape index (κ2) is 8.54. The number of hydrogen-bond acceptors (Lipinski definition) is 4. The number of nitrogens with one attached hydrogen (secondary N) is 1. The van der Waals surface area contributed by atoms with Gasteiger partial charge in [0, 0.05) is 30.0 Å². The van der Waals surface area contributed by atoms with Gasteiger partial charge < -0.3 is 14.8 Å². The van der Waals surface area contributed by atoms with E-state index < -0.39 is 5.63 Å². The van der Waals surface area contributed by atoms with Crippen LogP contribution < -0.4 is 10.9 Å². The van der Waals surface area contributed by atoms with Crippen LogP contribution in [0, 0.1) is 6.92 Å². The molecule has 140 valence electrons. The van der Waals surface area contributed by atoms with Gasteiger partial charge in [-0.3, -0.25) is 4.79 Å². The smallest absolute Gasteiger partial charge is 0.339 e. The molecule has 2 N–H and O–H groups in total. The van der Waals surface area contributed by atoms with Gasteiger partial charge in [0.2, 0.25) is 5.91 Å². The van der Waals surface area contributed by atoms with Crippen LogP contribution in [0.5, 0.6) is 5.75 Å². The van der Waals surface area contributed by atoms with Crippen molar-refractivity contribution in [3.63, 3.8) is 0 Å². The lowest BCUT2D eigenvalue weighted by Gasteiger charge is -2.09. The molecule has 1 amide bonds.